The molecule has 1 saturated heterocycles. The lowest BCUT2D eigenvalue weighted by Crippen LogP contribution is -2.30. The van der Waals surface area contributed by atoms with Gasteiger partial charge in [0.1, 0.15) is 17.2 Å². The molecule has 0 spiro atoms. The van der Waals surface area contributed by atoms with E-state index in [0.717, 1.165) is 14.9 Å². The van der Waals surface area contributed by atoms with Crippen LogP contribution < -0.4 is 5.32 Å². The fraction of sp³-hybridized carbons (Fsp3) is 0.0455. The summed E-state index contributed by atoms with van der Waals surface area (Å²) in [6.07, 6.45) is 1.43. The van der Waals surface area contributed by atoms with E-state index in [1.54, 1.807) is 18.2 Å². The molecule has 3 amide bonds. The molecule has 9 heteroatoms. The van der Waals surface area contributed by atoms with Crippen LogP contribution in [0.25, 0.3) is 17.4 Å². The third-order valence-corrected chi connectivity index (χ3v) is 5.47. The SMILES string of the molecule is O=C(O)c1cc(-c2ccc(/C=C3\NC(=O)N(Cc4ccc(Br)cc4)C3=O)o2)ccc1Cl. The molecule has 0 aliphatic carbocycles. The molecule has 0 radical (unpaired) electrons. The molecule has 0 bridgehead atoms. The molecule has 2 aromatic carbocycles. The molecule has 1 fully saturated rings. The number of imide groups is 1. The summed E-state index contributed by atoms with van der Waals surface area (Å²) in [6.45, 7) is 0.140. The summed E-state index contributed by atoms with van der Waals surface area (Å²) in [7, 11) is 0. The van der Waals surface area contributed by atoms with E-state index in [9.17, 15) is 19.5 Å². The van der Waals surface area contributed by atoms with E-state index in [-0.39, 0.29) is 22.8 Å². The number of carbonyl (C=O) groups excluding carboxylic acids is 2. The van der Waals surface area contributed by atoms with Crippen LogP contribution in [0.15, 0.2) is 69.2 Å². The molecule has 0 saturated carbocycles. The van der Waals surface area contributed by atoms with Crippen LogP contribution in [0.1, 0.15) is 21.7 Å². The minimum atomic E-state index is -1.15. The van der Waals surface area contributed by atoms with Gasteiger partial charge in [0.2, 0.25) is 0 Å². The minimum absolute atomic E-state index is 0.0442. The Kier molecular flexibility index (Phi) is 5.67. The molecular formula is C22H14BrClN2O5. The zero-order valence-corrected chi connectivity index (χ0v) is 18.1. The van der Waals surface area contributed by atoms with Crippen LogP contribution in [0.2, 0.25) is 5.02 Å². The fourth-order valence-electron chi connectivity index (χ4n) is 3.06. The van der Waals surface area contributed by atoms with E-state index in [0.29, 0.717) is 17.1 Å². The number of urea groups is 1. The second kappa shape index (κ2) is 8.41. The Morgan fingerprint density at radius 3 is 2.58 bits per heavy atom. The fourth-order valence-corrected chi connectivity index (χ4v) is 3.52. The first-order valence-corrected chi connectivity index (χ1v) is 10.2. The lowest BCUT2D eigenvalue weighted by atomic mass is 10.1. The molecule has 2 heterocycles. The van der Waals surface area contributed by atoms with E-state index >= 15 is 0 Å². The summed E-state index contributed by atoms with van der Waals surface area (Å²) in [6, 6.07) is 14.6. The first kappa shape index (κ1) is 20.9. The van der Waals surface area contributed by atoms with Gasteiger partial charge in [0.15, 0.2) is 0 Å². The van der Waals surface area contributed by atoms with Gasteiger partial charge >= 0.3 is 12.0 Å². The molecule has 7 nitrogen and oxygen atoms in total. The predicted molar refractivity (Wildman–Crippen MR) is 117 cm³/mol. The van der Waals surface area contributed by atoms with Crippen molar-refractivity contribution < 1.29 is 23.9 Å². The molecular weight excluding hydrogens is 488 g/mol. The number of nitrogens with zero attached hydrogens (tertiary/aromatic N) is 1. The van der Waals surface area contributed by atoms with E-state index in [1.807, 2.05) is 24.3 Å². The summed E-state index contributed by atoms with van der Waals surface area (Å²) in [4.78, 5) is 37.3. The number of benzene rings is 2. The number of hydrogen-bond donors (Lipinski definition) is 2. The highest BCUT2D eigenvalue weighted by molar-refractivity contribution is 9.10. The standard InChI is InChI=1S/C22H14BrClN2O5/c23-14-4-1-12(2-5-14)11-26-20(27)18(25-22(26)30)10-15-6-8-19(31-15)13-3-7-17(24)16(9-13)21(28)29/h1-10H,11H2,(H,25,30)(H,28,29)/b18-10-. The molecule has 156 valence electrons. The topological polar surface area (TPSA) is 99.9 Å². The van der Waals surface area contributed by atoms with Gasteiger partial charge in [0.05, 0.1) is 17.1 Å². The number of carboxylic acid groups (broad SMARTS) is 1. The van der Waals surface area contributed by atoms with Crippen LogP contribution in [0.5, 0.6) is 0 Å². The summed E-state index contributed by atoms with van der Waals surface area (Å²) < 4.78 is 6.62. The quantitative estimate of drug-likeness (QED) is 0.372. The average molecular weight is 502 g/mol. The number of halogens is 2. The number of carboxylic acids is 1. The second-order valence-corrected chi connectivity index (χ2v) is 8.03. The summed E-state index contributed by atoms with van der Waals surface area (Å²) in [5, 5.41) is 11.9. The van der Waals surface area contributed by atoms with Crippen molar-refractivity contribution in [2.75, 3.05) is 0 Å². The van der Waals surface area contributed by atoms with Gasteiger partial charge in [-0.15, -0.1) is 0 Å². The first-order chi connectivity index (χ1) is 14.8. The Balaban J connectivity index is 1.55. The lowest BCUT2D eigenvalue weighted by Gasteiger charge is -2.11. The zero-order chi connectivity index (χ0) is 22.1. The van der Waals surface area contributed by atoms with Crippen molar-refractivity contribution in [3.8, 4) is 11.3 Å². The Labute approximate surface area is 190 Å². The number of nitrogens with one attached hydrogen (secondary N) is 1. The number of hydrogen-bond acceptors (Lipinski definition) is 4. The molecule has 3 aromatic rings. The molecule has 0 atom stereocenters. The highest BCUT2D eigenvalue weighted by atomic mass is 79.9. The van der Waals surface area contributed by atoms with Gasteiger partial charge in [-0.1, -0.05) is 39.7 Å². The minimum Gasteiger partial charge on any atom is -0.478 e. The maximum Gasteiger partial charge on any atom is 0.337 e. The lowest BCUT2D eigenvalue weighted by molar-refractivity contribution is -0.123. The second-order valence-electron chi connectivity index (χ2n) is 6.71. The average Bonchev–Trinajstić information content (AvgIpc) is 3.30. The van der Waals surface area contributed by atoms with Gasteiger partial charge in [-0.2, -0.15) is 0 Å². The largest absolute Gasteiger partial charge is 0.478 e. The number of furan rings is 1. The number of carbonyl (C=O) groups is 3. The van der Waals surface area contributed by atoms with Crippen molar-refractivity contribution in [2.24, 2.45) is 0 Å². The van der Waals surface area contributed by atoms with Crippen LogP contribution in [0.3, 0.4) is 0 Å². The molecule has 1 aliphatic rings. The summed E-state index contributed by atoms with van der Waals surface area (Å²) in [5.74, 6) is -0.887. The van der Waals surface area contributed by atoms with Gasteiger partial charge in [-0.05, 0) is 48.0 Å². The highest BCUT2D eigenvalue weighted by Gasteiger charge is 2.33. The van der Waals surface area contributed by atoms with Crippen molar-refractivity contribution in [3.63, 3.8) is 0 Å². The number of amides is 3. The van der Waals surface area contributed by atoms with Crippen molar-refractivity contribution >= 4 is 51.5 Å². The smallest absolute Gasteiger partial charge is 0.337 e. The number of aromatic carboxylic acids is 1. The Bertz CT molecular complexity index is 1230. The van der Waals surface area contributed by atoms with Crippen molar-refractivity contribution in [2.45, 2.75) is 6.54 Å². The monoisotopic (exact) mass is 500 g/mol. The first-order valence-electron chi connectivity index (χ1n) is 9.04. The highest BCUT2D eigenvalue weighted by Crippen LogP contribution is 2.28. The van der Waals surface area contributed by atoms with Crippen molar-refractivity contribution in [3.05, 3.63) is 86.7 Å². The zero-order valence-electron chi connectivity index (χ0n) is 15.8. The summed E-state index contributed by atoms with van der Waals surface area (Å²) >= 11 is 9.25. The molecule has 0 unspecified atom stereocenters. The third-order valence-electron chi connectivity index (χ3n) is 4.61. The number of rotatable bonds is 5. The van der Waals surface area contributed by atoms with E-state index < -0.39 is 17.9 Å². The Morgan fingerprint density at radius 1 is 1.13 bits per heavy atom. The van der Waals surface area contributed by atoms with Crippen LogP contribution >= 0.6 is 27.5 Å². The molecule has 4 rings (SSSR count). The Hall–Kier alpha value is -3.36. The molecule has 2 N–H and O–H groups in total. The van der Waals surface area contributed by atoms with Crippen molar-refractivity contribution in [1.82, 2.24) is 10.2 Å². The van der Waals surface area contributed by atoms with Crippen molar-refractivity contribution in [1.29, 1.82) is 0 Å². The van der Waals surface area contributed by atoms with Gasteiger partial charge in [-0.3, -0.25) is 9.69 Å². The maximum atomic E-state index is 12.7. The van der Waals surface area contributed by atoms with Crippen LogP contribution in [0, 0.1) is 0 Å². The van der Waals surface area contributed by atoms with E-state index in [4.69, 9.17) is 16.0 Å². The van der Waals surface area contributed by atoms with Gasteiger partial charge in [-0.25, -0.2) is 9.59 Å². The van der Waals surface area contributed by atoms with Crippen LogP contribution in [-0.2, 0) is 11.3 Å². The Morgan fingerprint density at radius 2 is 1.87 bits per heavy atom. The molecule has 1 aromatic heterocycles. The van der Waals surface area contributed by atoms with Gasteiger partial charge in [0, 0.05) is 16.1 Å². The van der Waals surface area contributed by atoms with E-state index in [2.05, 4.69) is 21.2 Å². The van der Waals surface area contributed by atoms with Gasteiger partial charge < -0.3 is 14.8 Å². The third kappa shape index (κ3) is 4.40. The maximum absolute atomic E-state index is 12.7. The summed E-state index contributed by atoms with van der Waals surface area (Å²) in [5.41, 5.74) is 1.37. The molecule has 31 heavy (non-hydrogen) atoms. The van der Waals surface area contributed by atoms with Gasteiger partial charge in [0.25, 0.3) is 5.91 Å². The normalized spacial score (nSPS) is 14.9. The van der Waals surface area contributed by atoms with Crippen LogP contribution in [0.4, 0.5) is 4.79 Å². The molecule has 1 aliphatic heterocycles. The predicted octanol–water partition coefficient (Wildman–Crippen LogP) is 5.15. The van der Waals surface area contributed by atoms with E-state index in [1.165, 1.54) is 18.2 Å². The van der Waals surface area contributed by atoms with Crippen LogP contribution in [-0.4, -0.2) is 27.9 Å².